The van der Waals surface area contributed by atoms with E-state index < -0.39 is 0 Å². The van der Waals surface area contributed by atoms with Crippen LogP contribution in [0.4, 0.5) is 0 Å². The maximum atomic E-state index is 6.01. The zero-order valence-electron chi connectivity index (χ0n) is 14.6. The van der Waals surface area contributed by atoms with Crippen LogP contribution in [0.3, 0.4) is 0 Å². The van der Waals surface area contributed by atoms with Gasteiger partial charge in [-0.25, -0.2) is 0 Å². The third kappa shape index (κ3) is 5.31. The Morgan fingerprint density at radius 1 is 1.54 bits per heavy atom. The first-order chi connectivity index (χ1) is 11.3. The highest BCUT2D eigenvalue weighted by molar-refractivity contribution is 14.0. The van der Waals surface area contributed by atoms with Crippen molar-refractivity contribution in [3.05, 3.63) is 22.4 Å². The van der Waals surface area contributed by atoms with Gasteiger partial charge in [0, 0.05) is 44.6 Å². The van der Waals surface area contributed by atoms with Crippen LogP contribution in [0.15, 0.2) is 22.5 Å². The van der Waals surface area contributed by atoms with Crippen LogP contribution in [0.2, 0.25) is 0 Å². The van der Waals surface area contributed by atoms with Gasteiger partial charge in [-0.15, -0.1) is 35.3 Å². The molecule has 3 rings (SSSR count). The zero-order valence-corrected chi connectivity index (χ0v) is 17.8. The summed E-state index contributed by atoms with van der Waals surface area (Å²) in [6.45, 7) is 4.98. The Morgan fingerprint density at radius 3 is 3.17 bits per heavy atom. The second-order valence-electron chi connectivity index (χ2n) is 6.43. The predicted octanol–water partition coefficient (Wildman–Crippen LogP) is 2.28. The first-order valence-corrected chi connectivity index (χ1v) is 9.44. The third-order valence-electron chi connectivity index (χ3n) is 4.80. The maximum absolute atomic E-state index is 6.01. The van der Waals surface area contributed by atoms with Crippen LogP contribution in [0.5, 0.6) is 0 Å². The molecule has 7 heteroatoms. The average Bonchev–Trinajstić information content (AvgIpc) is 3.24. The summed E-state index contributed by atoms with van der Waals surface area (Å²) in [6, 6.07) is 4.97. The number of nitrogens with zero attached hydrogens (tertiary/aromatic N) is 3. The molecule has 0 bridgehead atoms. The fraction of sp³-hybridized carbons (Fsp3) is 0.706. The van der Waals surface area contributed by atoms with Gasteiger partial charge in [-0.1, -0.05) is 6.07 Å². The maximum Gasteiger partial charge on any atom is 0.193 e. The molecular weight excluding hydrogens is 435 g/mol. The number of morpholine rings is 1. The molecule has 1 N–H and O–H groups in total. The van der Waals surface area contributed by atoms with E-state index >= 15 is 0 Å². The van der Waals surface area contributed by atoms with Gasteiger partial charge in [0.1, 0.15) is 0 Å². The van der Waals surface area contributed by atoms with Gasteiger partial charge in [-0.3, -0.25) is 9.89 Å². The van der Waals surface area contributed by atoms with Gasteiger partial charge < -0.3 is 15.0 Å². The lowest BCUT2D eigenvalue weighted by Gasteiger charge is -2.35. The molecule has 2 aliphatic rings. The largest absolute Gasteiger partial charge is 0.373 e. The minimum Gasteiger partial charge on any atom is -0.373 e. The van der Waals surface area contributed by atoms with Gasteiger partial charge >= 0.3 is 0 Å². The van der Waals surface area contributed by atoms with Crippen molar-refractivity contribution in [2.45, 2.75) is 31.4 Å². The monoisotopic (exact) mass is 464 g/mol. The molecule has 5 nitrogen and oxygen atoms in total. The van der Waals surface area contributed by atoms with Gasteiger partial charge in [0.15, 0.2) is 5.96 Å². The molecule has 0 spiro atoms. The van der Waals surface area contributed by atoms with Crippen LogP contribution in [0.1, 0.15) is 17.7 Å². The van der Waals surface area contributed by atoms with Crippen molar-refractivity contribution in [1.29, 1.82) is 0 Å². The molecular formula is C17H29IN4OS. The Hall–Kier alpha value is -0.380. The first kappa shape index (κ1) is 19.9. The summed E-state index contributed by atoms with van der Waals surface area (Å²) >= 11 is 1.82. The van der Waals surface area contributed by atoms with Crippen LogP contribution >= 0.6 is 35.3 Å². The highest BCUT2D eigenvalue weighted by atomic mass is 127. The number of fused-ring (bicyclic) bond motifs is 1. The summed E-state index contributed by atoms with van der Waals surface area (Å²) in [5.41, 5.74) is 0. The topological polar surface area (TPSA) is 40.1 Å². The molecule has 0 amide bonds. The molecule has 0 radical (unpaired) electrons. The zero-order chi connectivity index (χ0) is 16.1. The molecule has 136 valence electrons. The molecule has 3 heterocycles. The molecule has 0 aromatic carbocycles. The van der Waals surface area contributed by atoms with Gasteiger partial charge in [-0.2, -0.15) is 0 Å². The SMILES string of the molecule is CN=C(NCC1CN2CCCC2CO1)N(C)CCc1cccs1.I. The summed E-state index contributed by atoms with van der Waals surface area (Å²) < 4.78 is 6.01. The summed E-state index contributed by atoms with van der Waals surface area (Å²) in [6.07, 6.45) is 3.95. The van der Waals surface area contributed by atoms with Crippen molar-refractivity contribution in [3.63, 3.8) is 0 Å². The lowest BCUT2D eigenvalue weighted by molar-refractivity contribution is -0.0454. The van der Waals surface area contributed by atoms with Crippen LogP contribution in [-0.2, 0) is 11.2 Å². The lowest BCUT2D eigenvalue weighted by Crippen LogP contribution is -2.51. The molecule has 0 saturated carbocycles. The predicted molar refractivity (Wildman–Crippen MR) is 112 cm³/mol. The van der Waals surface area contributed by atoms with E-state index in [9.17, 15) is 0 Å². The Kier molecular flexibility index (Phi) is 8.25. The van der Waals surface area contributed by atoms with Crippen molar-refractivity contribution in [3.8, 4) is 0 Å². The number of nitrogens with one attached hydrogen (secondary N) is 1. The van der Waals surface area contributed by atoms with Crippen LogP contribution in [-0.4, -0.2) is 74.8 Å². The number of halogens is 1. The fourth-order valence-electron chi connectivity index (χ4n) is 3.44. The smallest absolute Gasteiger partial charge is 0.193 e. The minimum atomic E-state index is 0. The number of hydrogen-bond donors (Lipinski definition) is 1. The van der Waals surface area contributed by atoms with Crippen LogP contribution in [0, 0.1) is 0 Å². The van der Waals surface area contributed by atoms with E-state index in [4.69, 9.17) is 4.74 Å². The quantitative estimate of drug-likeness (QED) is 0.413. The molecule has 2 saturated heterocycles. The number of ether oxygens (including phenoxy) is 1. The van der Waals surface area contributed by atoms with Crippen molar-refractivity contribution in [1.82, 2.24) is 15.1 Å². The molecule has 24 heavy (non-hydrogen) atoms. The number of rotatable bonds is 5. The van der Waals surface area contributed by atoms with E-state index in [-0.39, 0.29) is 30.1 Å². The van der Waals surface area contributed by atoms with Gasteiger partial charge in [0.2, 0.25) is 0 Å². The van der Waals surface area contributed by atoms with Crippen molar-refractivity contribution in [2.24, 2.45) is 4.99 Å². The lowest BCUT2D eigenvalue weighted by atomic mass is 10.2. The second-order valence-corrected chi connectivity index (χ2v) is 7.46. The van der Waals surface area contributed by atoms with Crippen LogP contribution in [0.25, 0.3) is 0 Å². The molecule has 1 aromatic heterocycles. The Bertz CT molecular complexity index is 511. The molecule has 2 aliphatic heterocycles. The van der Waals surface area contributed by atoms with Crippen molar-refractivity contribution < 1.29 is 4.74 Å². The van der Waals surface area contributed by atoms with E-state index in [0.717, 1.165) is 38.6 Å². The number of aliphatic imine (C=N–C) groups is 1. The molecule has 0 aliphatic carbocycles. The standard InChI is InChI=1S/C17H28N4OS.HI/c1-18-17(20(2)9-7-16-6-4-10-23-16)19-11-15-12-21-8-3-5-14(21)13-22-15;/h4,6,10,14-15H,3,5,7-9,11-13H2,1-2H3,(H,18,19);1H. The molecule has 2 atom stereocenters. The van der Waals surface area contributed by atoms with Crippen LogP contribution < -0.4 is 5.32 Å². The molecule has 2 fully saturated rings. The normalized spacial score (nSPS) is 24.3. The first-order valence-electron chi connectivity index (χ1n) is 8.56. The summed E-state index contributed by atoms with van der Waals surface area (Å²) in [5, 5.41) is 5.61. The van der Waals surface area contributed by atoms with Crippen molar-refractivity contribution >= 4 is 41.3 Å². The summed E-state index contributed by atoms with van der Waals surface area (Å²) in [7, 11) is 3.95. The van der Waals surface area contributed by atoms with E-state index in [0.29, 0.717) is 6.04 Å². The summed E-state index contributed by atoms with van der Waals surface area (Å²) in [5.74, 6) is 0.953. The number of thiophene rings is 1. The molecule has 2 unspecified atom stereocenters. The number of likely N-dealkylation sites (N-methyl/N-ethyl adjacent to an activating group) is 1. The number of guanidine groups is 1. The van der Waals surface area contributed by atoms with Gasteiger partial charge in [0.05, 0.1) is 12.7 Å². The second kappa shape index (κ2) is 9.94. The Labute approximate surface area is 166 Å². The minimum absolute atomic E-state index is 0. The van der Waals surface area contributed by atoms with E-state index in [1.54, 1.807) is 0 Å². The van der Waals surface area contributed by atoms with Gasteiger partial charge in [-0.05, 0) is 37.3 Å². The van der Waals surface area contributed by atoms with E-state index in [1.807, 2.05) is 18.4 Å². The number of hydrogen-bond acceptors (Lipinski definition) is 4. The summed E-state index contributed by atoms with van der Waals surface area (Å²) in [4.78, 5) is 10.6. The Balaban J connectivity index is 0.00000208. The average molecular weight is 464 g/mol. The Morgan fingerprint density at radius 2 is 2.42 bits per heavy atom. The molecule has 1 aromatic rings. The third-order valence-corrected chi connectivity index (χ3v) is 5.73. The van der Waals surface area contributed by atoms with E-state index in [2.05, 4.69) is 44.7 Å². The highest BCUT2D eigenvalue weighted by Gasteiger charge is 2.32. The van der Waals surface area contributed by atoms with Crippen molar-refractivity contribution in [2.75, 3.05) is 46.9 Å². The van der Waals surface area contributed by atoms with Gasteiger partial charge in [0.25, 0.3) is 0 Å². The fourth-order valence-corrected chi connectivity index (χ4v) is 4.14. The van der Waals surface area contributed by atoms with E-state index in [1.165, 1.54) is 24.3 Å². The highest BCUT2D eigenvalue weighted by Crippen LogP contribution is 2.22.